The van der Waals surface area contributed by atoms with E-state index in [1.165, 1.54) is 0 Å². The molecule has 5 heteroatoms. The highest BCUT2D eigenvalue weighted by molar-refractivity contribution is 7.15. The van der Waals surface area contributed by atoms with Crippen LogP contribution in [0.3, 0.4) is 0 Å². The Morgan fingerprint density at radius 2 is 2.16 bits per heavy atom. The van der Waals surface area contributed by atoms with Crippen LogP contribution in [0.2, 0.25) is 0 Å². The van der Waals surface area contributed by atoms with E-state index in [0.29, 0.717) is 5.92 Å². The lowest BCUT2D eigenvalue weighted by atomic mass is 10.1. The van der Waals surface area contributed by atoms with Crippen LogP contribution in [-0.2, 0) is 13.2 Å². The number of aromatic nitrogens is 2. The smallest absolute Gasteiger partial charge is 0.185 e. The van der Waals surface area contributed by atoms with Gasteiger partial charge in [-0.1, -0.05) is 31.3 Å². The van der Waals surface area contributed by atoms with Gasteiger partial charge in [-0.3, -0.25) is 4.98 Å². The first-order valence-corrected chi connectivity index (χ1v) is 7.15. The average molecular weight is 277 g/mol. The lowest BCUT2D eigenvalue weighted by Gasteiger charge is -2.14. The summed E-state index contributed by atoms with van der Waals surface area (Å²) in [5.74, 6) is 0.329. The van der Waals surface area contributed by atoms with Crippen molar-refractivity contribution in [1.29, 1.82) is 0 Å². The van der Waals surface area contributed by atoms with Crippen LogP contribution in [0.25, 0.3) is 0 Å². The molecule has 19 heavy (non-hydrogen) atoms. The predicted octanol–water partition coefficient (Wildman–Crippen LogP) is 2.79. The van der Waals surface area contributed by atoms with Crippen LogP contribution in [0, 0.1) is 0 Å². The molecule has 0 atom stereocenters. The van der Waals surface area contributed by atoms with Gasteiger partial charge in [0.1, 0.15) is 0 Å². The molecule has 0 unspecified atom stereocenters. The monoisotopic (exact) mass is 277 g/mol. The first kappa shape index (κ1) is 14.0. The number of rotatable bonds is 5. The molecule has 1 N–H and O–H groups in total. The van der Waals surface area contributed by atoms with E-state index in [1.807, 2.05) is 25.2 Å². The summed E-state index contributed by atoms with van der Waals surface area (Å²) in [6.07, 6.45) is 1.80. The van der Waals surface area contributed by atoms with Gasteiger partial charge in [0.05, 0.1) is 29.4 Å². The zero-order valence-corrected chi connectivity index (χ0v) is 12.3. The zero-order chi connectivity index (χ0) is 13.8. The highest BCUT2D eigenvalue weighted by Gasteiger charge is 2.16. The van der Waals surface area contributed by atoms with Gasteiger partial charge in [0.2, 0.25) is 0 Å². The summed E-state index contributed by atoms with van der Waals surface area (Å²) in [4.78, 5) is 12.0. The van der Waals surface area contributed by atoms with Crippen LogP contribution >= 0.6 is 11.3 Å². The Morgan fingerprint density at radius 3 is 2.68 bits per heavy atom. The van der Waals surface area contributed by atoms with Crippen molar-refractivity contribution in [1.82, 2.24) is 9.97 Å². The highest BCUT2D eigenvalue weighted by Crippen LogP contribution is 2.30. The Kier molecular flexibility index (Phi) is 4.50. The fourth-order valence-electron chi connectivity index (χ4n) is 1.88. The molecule has 4 nitrogen and oxygen atoms in total. The van der Waals surface area contributed by atoms with Crippen LogP contribution in [0.15, 0.2) is 24.4 Å². The Morgan fingerprint density at radius 1 is 1.37 bits per heavy atom. The van der Waals surface area contributed by atoms with Crippen molar-refractivity contribution < 1.29 is 5.11 Å². The molecule has 2 aromatic rings. The molecule has 102 valence electrons. The third-order valence-electron chi connectivity index (χ3n) is 2.86. The molecule has 0 fully saturated rings. The van der Waals surface area contributed by atoms with Crippen molar-refractivity contribution in [3.05, 3.63) is 40.7 Å². The molecule has 0 aliphatic carbocycles. The summed E-state index contributed by atoms with van der Waals surface area (Å²) in [6, 6.07) is 5.89. The van der Waals surface area contributed by atoms with Crippen molar-refractivity contribution >= 4 is 16.5 Å². The number of aliphatic hydroxyl groups is 1. The van der Waals surface area contributed by atoms with Crippen LogP contribution in [0.1, 0.15) is 36.0 Å². The normalized spacial score (nSPS) is 11.0. The molecule has 0 aliphatic heterocycles. The fourth-order valence-corrected chi connectivity index (χ4v) is 2.92. The number of aliphatic hydroxyl groups excluding tert-OH is 1. The number of pyridine rings is 1. The van der Waals surface area contributed by atoms with Crippen molar-refractivity contribution in [3.8, 4) is 0 Å². The summed E-state index contributed by atoms with van der Waals surface area (Å²) in [6.45, 7) is 4.97. The molecule has 0 saturated carbocycles. The zero-order valence-electron chi connectivity index (χ0n) is 11.5. The van der Waals surface area contributed by atoms with E-state index < -0.39 is 0 Å². The van der Waals surface area contributed by atoms with E-state index in [4.69, 9.17) is 0 Å². The minimum absolute atomic E-state index is 0.0581. The summed E-state index contributed by atoms with van der Waals surface area (Å²) in [7, 11) is 2.00. The molecule has 0 aliphatic rings. The van der Waals surface area contributed by atoms with Crippen molar-refractivity contribution in [2.24, 2.45) is 0 Å². The molecule has 0 spiro atoms. The third-order valence-corrected chi connectivity index (χ3v) is 4.03. The lowest BCUT2D eigenvalue weighted by Crippen LogP contribution is -2.16. The third kappa shape index (κ3) is 3.30. The average Bonchev–Trinajstić information content (AvgIpc) is 2.84. The molecule has 2 aromatic heterocycles. The SMILES string of the molecule is CC(C)c1nc(N(C)Cc2ccccn2)sc1CO. The number of thiazole rings is 1. The second-order valence-corrected chi connectivity index (χ2v) is 5.86. The van der Waals surface area contributed by atoms with E-state index in [-0.39, 0.29) is 6.61 Å². The summed E-state index contributed by atoms with van der Waals surface area (Å²) in [5.41, 5.74) is 2.01. The molecule has 0 radical (unpaired) electrons. The largest absolute Gasteiger partial charge is 0.391 e. The maximum absolute atomic E-state index is 9.39. The molecule has 2 rings (SSSR count). The summed E-state index contributed by atoms with van der Waals surface area (Å²) >= 11 is 1.55. The predicted molar refractivity (Wildman–Crippen MR) is 78.5 cm³/mol. The maximum atomic E-state index is 9.39. The van der Waals surface area contributed by atoms with Gasteiger partial charge in [0, 0.05) is 13.2 Å². The molecular formula is C14H19N3OS. The van der Waals surface area contributed by atoms with E-state index >= 15 is 0 Å². The molecule has 0 amide bonds. The highest BCUT2D eigenvalue weighted by atomic mass is 32.1. The summed E-state index contributed by atoms with van der Waals surface area (Å²) < 4.78 is 0. The Hall–Kier alpha value is -1.46. The van der Waals surface area contributed by atoms with Crippen LogP contribution in [0.4, 0.5) is 5.13 Å². The van der Waals surface area contributed by atoms with E-state index in [2.05, 4.69) is 28.7 Å². The number of anilines is 1. The Bertz CT molecular complexity index is 525. The van der Waals surface area contributed by atoms with E-state index in [9.17, 15) is 5.11 Å². The van der Waals surface area contributed by atoms with Gasteiger partial charge in [0.15, 0.2) is 5.13 Å². The first-order valence-electron chi connectivity index (χ1n) is 6.33. The van der Waals surface area contributed by atoms with E-state index in [1.54, 1.807) is 17.5 Å². The van der Waals surface area contributed by atoms with Gasteiger partial charge in [0.25, 0.3) is 0 Å². The molecular weight excluding hydrogens is 258 g/mol. The fraction of sp³-hybridized carbons (Fsp3) is 0.429. The van der Waals surface area contributed by atoms with E-state index in [0.717, 1.165) is 27.9 Å². The van der Waals surface area contributed by atoms with Crippen molar-refractivity contribution in [3.63, 3.8) is 0 Å². The van der Waals surface area contributed by atoms with Gasteiger partial charge in [-0.05, 0) is 18.1 Å². The van der Waals surface area contributed by atoms with Crippen LogP contribution in [0.5, 0.6) is 0 Å². The lowest BCUT2D eigenvalue weighted by molar-refractivity contribution is 0.283. The molecule has 0 bridgehead atoms. The van der Waals surface area contributed by atoms with Gasteiger partial charge in [-0.15, -0.1) is 0 Å². The topological polar surface area (TPSA) is 49.2 Å². The van der Waals surface area contributed by atoms with Crippen LogP contribution in [-0.4, -0.2) is 22.1 Å². The van der Waals surface area contributed by atoms with Gasteiger partial charge in [-0.2, -0.15) is 0 Å². The minimum atomic E-state index is 0.0581. The van der Waals surface area contributed by atoms with Crippen LogP contribution < -0.4 is 4.90 Å². The first-order chi connectivity index (χ1) is 9.11. The summed E-state index contributed by atoms with van der Waals surface area (Å²) in [5, 5.41) is 10.3. The second-order valence-electron chi connectivity index (χ2n) is 4.79. The van der Waals surface area contributed by atoms with Gasteiger partial charge in [-0.25, -0.2) is 4.98 Å². The number of nitrogens with zero attached hydrogens (tertiary/aromatic N) is 3. The minimum Gasteiger partial charge on any atom is -0.391 e. The quantitative estimate of drug-likeness (QED) is 0.913. The Labute approximate surface area is 117 Å². The van der Waals surface area contributed by atoms with Crippen molar-refractivity contribution in [2.45, 2.75) is 32.9 Å². The second kappa shape index (κ2) is 6.12. The van der Waals surface area contributed by atoms with Gasteiger partial charge >= 0.3 is 0 Å². The standard InChI is InChI=1S/C14H19N3OS/c1-10(2)13-12(9-18)19-14(16-13)17(3)8-11-6-4-5-7-15-11/h4-7,10,18H,8-9H2,1-3H3. The van der Waals surface area contributed by atoms with Gasteiger partial charge < -0.3 is 10.0 Å². The molecule has 2 heterocycles. The number of hydrogen-bond donors (Lipinski definition) is 1. The Balaban J connectivity index is 2.17. The maximum Gasteiger partial charge on any atom is 0.185 e. The molecule has 0 saturated heterocycles. The number of hydrogen-bond acceptors (Lipinski definition) is 5. The van der Waals surface area contributed by atoms with Crippen molar-refractivity contribution in [2.75, 3.05) is 11.9 Å². The molecule has 0 aromatic carbocycles.